The van der Waals surface area contributed by atoms with Gasteiger partial charge in [-0.15, -0.1) is 0 Å². The minimum Gasteiger partial charge on any atom is -0.387 e. The SMILES string of the molecule is CC(O)(C1CCCN1)C1CCCN1. The molecule has 0 spiro atoms. The minimum atomic E-state index is -0.562. The summed E-state index contributed by atoms with van der Waals surface area (Å²) in [5.41, 5.74) is -0.562. The molecule has 0 bridgehead atoms. The standard InChI is InChI=1S/C10H20N2O/c1-10(13,8-4-2-6-11-8)9-5-3-7-12-9/h8-9,11-13H,2-7H2,1H3. The maximum atomic E-state index is 10.4. The topological polar surface area (TPSA) is 44.3 Å². The molecule has 0 saturated carbocycles. The van der Waals surface area contributed by atoms with Crippen LogP contribution in [-0.2, 0) is 0 Å². The highest BCUT2D eigenvalue weighted by molar-refractivity contribution is 5.01. The van der Waals surface area contributed by atoms with Crippen LogP contribution in [0.25, 0.3) is 0 Å². The molecule has 0 aliphatic carbocycles. The van der Waals surface area contributed by atoms with Gasteiger partial charge in [-0.25, -0.2) is 0 Å². The van der Waals surface area contributed by atoms with E-state index in [0.29, 0.717) is 12.1 Å². The van der Waals surface area contributed by atoms with E-state index < -0.39 is 5.60 Å². The van der Waals surface area contributed by atoms with Gasteiger partial charge in [0.2, 0.25) is 0 Å². The first-order valence-electron chi connectivity index (χ1n) is 5.40. The summed E-state index contributed by atoms with van der Waals surface area (Å²) < 4.78 is 0. The fourth-order valence-corrected chi connectivity index (χ4v) is 2.61. The zero-order valence-electron chi connectivity index (χ0n) is 8.34. The molecule has 3 nitrogen and oxygen atoms in total. The number of rotatable bonds is 2. The van der Waals surface area contributed by atoms with E-state index in [4.69, 9.17) is 0 Å². The van der Waals surface area contributed by atoms with Crippen molar-refractivity contribution in [2.24, 2.45) is 0 Å². The van der Waals surface area contributed by atoms with E-state index in [2.05, 4.69) is 10.6 Å². The summed E-state index contributed by atoms with van der Waals surface area (Å²) in [4.78, 5) is 0. The molecule has 2 heterocycles. The monoisotopic (exact) mass is 184 g/mol. The van der Waals surface area contributed by atoms with Crippen LogP contribution in [0.15, 0.2) is 0 Å². The molecule has 0 aromatic heterocycles. The predicted molar refractivity (Wildman–Crippen MR) is 52.7 cm³/mol. The first-order valence-corrected chi connectivity index (χ1v) is 5.40. The molecular weight excluding hydrogens is 164 g/mol. The van der Waals surface area contributed by atoms with Crippen molar-refractivity contribution in [1.82, 2.24) is 10.6 Å². The lowest BCUT2D eigenvalue weighted by Crippen LogP contribution is -2.56. The van der Waals surface area contributed by atoms with Crippen molar-refractivity contribution >= 4 is 0 Å². The van der Waals surface area contributed by atoms with Crippen LogP contribution in [0.3, 0.4) is 0 Å². The fourth-order valence-electron chi connectivity index (χ4n) is 2.61. The summed E-state index contributed by atoms with van der Waals surface area (Å²) in [7, 11) is 0. The summed E-state index contributed by atoms with van der Waals surface area (Å²) in [6, 6.07) is 0.589. The Balaban J connectivity index is 1.99. The molecule has 13 heavy (non-hydrogen) atoms. The van der Waals surface area contributed by atoms with Crippen LogP contribution in [0.4, 0.5) is 0 Å². The van der Waals surface area contributed by atoms with E-state index in [1.54, 1.807) is 0 Å². The number of hydrogen-bond donors (Lipinski definition) is 3. The summed E-state index contributed by atoms with van der Waals surface area (Å²) in [6.07, 6.45) is 4.64. The Morgan fingerprint density at radius 1 is 1.08 bits per heavy atom. The zero-order valence-corrected chi connectivity index (χ0v) is 8.34. The largest absolute Gasteiger partial charge is 0.387 e. The second-order valence-corrected chi connectivity index (χ2v) is 4.52. The first-order chi connectivity index (χ1) is 6.21. The zero-order chi connectivity index (χ0) is 9.31. The van der Waals surface area contributed by atoms with Gasteiger partial charge in [0.25, 0.3) is 0 Å². The summed E-state index contributed by atoms with van der Waals surface area (Å²) in [5.74, 6) is 0. The Kier molecular flexibility index (Phi) is 2.58. The molecule has 2 rings (SSSR count). The van der Waals surface area contributed by atoms with E-state index in [1.807, 2.05) is 6.92 Å². The van der Waals surface area contributed by atoms with Gasteiger partial charge in [0.05, 0.1) is 5.60 Å². The second kappa shape index (κ2) is 3.56. The second-order valence-electron chi connectivity index (χ2n) is 4.52. The van der Waals surface area contributed by atoms with Crippen molar-refractivity contribution in [3.05, 3.63) is 0 Å². The van der Waals surface area contributed by atoms with Gasteiger partial charge in [-0.1, -0.05) is 0 Å². The van der Waals surface area contributed by atoms with Gasteiger partial charge < -0.3 is 15.7 Å². The van der Waals surface area contributed by atoms with E-state index in [9.17, 15) is 5.11 Å². The molecule has 2 atom stereocenters. The molecule has 0 radical (unpaired) electrons. The molecule has 0 aromatic carbocycles. The van der Waals surface area contributed by atoms with Crippen molar-refractivity contribution in [3.63, 3.8) is 0 Å². The van der Waals surface area contributed by atoms with Crippen molar-refractivity contribution in [2.75, 3.05) is 13.1 Å². The first kappa shape index (κ1) is 9.44. The lowest BCUT2D eigenvalue weighted by Gasteiger charge is -2.35. The van der Waals surface area contributed by atoms with Crippen LogP contribution in [0.5, 0.6) is 0 Å². The molecular formula is C10H20N2O. The smallest absolute Gasteiger partial charge is 0.0923 e. The van der Waals surface area contributed by atoms with E-state index >= 15 is 0 Å². The third-order valence-corrected chi connectivity index (χ3v) is 3.53. The van der Waals surface area contributed by atoms with Crippen molar-refractivity contribution in [1.29, 1.82) is 0 Å². The number of nitrogens with one attached hydrogen (secondary N) is 2. The third kappa shape index (κ3) is 1.73. The van der Waals surface area contributed by atoms with E-state index in [1.165, 1.54) is 12.8 Å². The van der Waals surface area contributed by atoms with E-state index in [-0.39, 0.29) is 0 Å². The van der Waals surface area contributed by atoms with Crippen LogP contribution in [0.1, 0.15) is 32.6 Å². The van der Waals surface area contributed by atoms with Gasteiger partial charge in [0, 0.05) is 12.1 Å². The highest BCUT2D eigenvalue weighted by Crippen LogP contribution is 2.26. The Hall–Kier alpha value is -0.120. The van der Waals surface area contributed by atoms with Crippen LogP contribution >= 0.6 is 0 Å². The number of aliphatic hydroxyl groups is 1. The lowest BCUT2D eigenvalue weighted by atomic mass is 9.86. The Bertz CT molecular complexity index is 152. The van der Waals surface area contributed by atoms with Crippen LogP contribution in [-0.4, -0.2) is 35.9 Å². The normalized spacial score (nSPS) is 39.2. The average Bonchev–Trinajstić information content (AvgIpc) is 2.78. The summed E-state index contributed by atoms with van der Waals surface area (Å²) in [6.45, 7) is 4.10. The molecule has 2 fully saturated rings. The lowest BCUT2D eigenvalue weighted by molar-refractivity contribution is -0.00491. The number of hydrogen-bond acceptors (Lipinski definition) is 3. The quantitative estimate of drug-likeness (QED) is 0.576. The van der Waals surface area contributed by atoms with Gasteiger partial charge in [0.1, 0.15) is 0 Å². The molecule has 2 unspecified atom stereocenters. The Labute approximate surface area is 79.9 Å². The van der Waals surface area contributed by atoms with Crippen molar-refractivity contribution in [3.8, 4) is 0 Å². The van der Waals surface area contributed by atoms with Crippen molar-refractivity contribution < 1.29 is 5.11 Å². The maximum Gasteiger partial charge on any atom is 0.0923 e. The van der Waals surface area contributed by atoms with Gasteiger partial charge >= 0.3 is 0 Å². The van der Waals surface area contributed by atoms with Crippen molar-refractivity contribution in [2.45, 2.75) is 50.3 Å². The van der Waals surface area contributed by atoms with Gasteiger partial charge in [0.15, 0.2) is 0 Å². The molecule has 2 aliphatic rings. The summed E-state index contributed by atoms with van der Waals surface area (Å²) in [5, 5.41) is 17.2. The van der Waals surface area contributed by atoms with Crippen LogP contribution in [0.2, 0.25) is 0 Å². The molecule has 0 aromatic rings. The van der Waals surface area contributed by atoms with Gasteiger partial charge in [-0.05, 0) is 45.7 Å². The molecule has 76 valence electrons. The predicted octanol–water partition coefficient (Wildman–Crippen LogP) is 0.241. The molecule has 2 saturated heterocycles. The average molecular weight is 184 g/mol. The Morgan fingerprint density at radius 2 is 1.54 bits per heavy atom. The van der Waals surface area contributed by atoms with Gasteiger partial charge in [-0.3, -0.25) is 0 Å². The van der Waals surface area contributed by atoms with Crippen LogP contribution in [0, 0.1) is 0 Å². The maximum absolute atomic E-state index is 10.4. The molecule has 0 amide bonds. The molecule has 2 aliphatic heterocycles. The Morgan fingerprint density at radius 3 is 1.85 bits per heavy atom. The molecule has 3 heteroatoms. The highest BCUT2D eigenvalue weighted by atomic mass is 16.3. The highest BCUT2D eigenvalue weighted by Gasteiger charge is 2.41. The fraction of sp³-hybridized carbons (Fsp3) is 1.00. The van der Waals surface area contributed by atoms with Crippen LogP contribution < -0.4 is 10.6 Å². The minimum absolute atomic E-state index is 0.295. The summed E-state index contributed by atoms with van der Waals surface area (Å²) >= 11 is 0. The third-order valence-electron chi connectivity index (χ3n) is 3.53. The van der Waals surface area contributed by atoms with E-state index in [0.717, 1.165) is 25.9 Å². The molecule has 3 N–H and O–H groups in total. The van der Waals surface area contributed by atoms with Gasteiger partial charge in [-0.2, -0.15) is 0 Å².